The van der Waals surface area contributed by atoms with Gasteiger partial charge in [0.25, 0.3) is 0 Å². The highest BCUT2D eigenvalue weighted by atomic mass is 16.5. The first kappa shape index (κ1) is 22.6. The van der Waals surface area contributed by atoms with Gasteiger partial charge in [-0.2, -0.15) is 0 Å². The van der Waals surface area contributed by atoms with E-state index in [-0.39, 0.29) is 0 Å². The minimum Gasteiger partial charge on any atom is -0.376 e. The highest BCUT2D eigenvalue weighted by molar-refractivity contribution is 5.80. The lowest BCUT2D eigenvalue weighted by molar-refractivity contribution is -0.0721. The molecule has 3 saturated heterocycles. The first-order valence-corrected chi connectivity index (χ1v) is 12.3. The zero-order valence-electron chi connectivity index (χ0n) is 19.2. The summed E-state index contributed by atoms with van der Waals surface area (Å²) in [6.45, 7) is 6.92. The third kappa shape index (κ3) is 6.43. The molecule has 31 heavy (non-hydrogen) atoms. The summed E-state index contributed by atoms with van der Waals surface area (Å²) < 4.78 is 12.0. The highest BCUT2D eigenvalue weighted by Gasteiger charge is 2.26. The fraction of sp³-hybridized carbons (Fsp3) is 0.720. The first-order valence-electron chi connectivity index (χ1n) is 12.3. The third-order valence-corrected chi connectivity index (χ3v) is 6.96. The van der Waals surface area contributed by atoms with Gasteiger partial charge in [-0.1, -0.05) is 30.3 Å². The van der Waals surface area contributed by atoms with Gasteiger partial charge < -0.3 is 19.7 Å². The number of piperidine rings is 1. The molecule has 3 fully saturated rings. The molecule has 0 aliphatic carbocycles. The van der Waals surface area contributed by atoms with E-state index >= 15 is 0 Å². The summed E-state index contributed by atoms with van der Waals surface area (Å²) >= 11 is 0. The Morgan fingerprint density at radius 2 is 1.84 bits per heavy atom. The minimum atomic E-state index is 0.307. The van der Waals surface area contributed by atoms with Crippen LogP contribution in [0.15, 0.2) is 35.3 Å². The van der Waals surface area contributed by atoms with Gasteiger partial charge in [-0.25, -0.2) is 0 Å². The van der Waals surface area contributed by atoms with Crippen molar-refractivity contribution in [2.24, 2.45) is 4.99 Å². The van der Waals surface area contributed by atoms with E-state index < -0.39 is 0 Å². The Bertz CT molecular complexity index is 663. The van der Waals surface area contributed by atoms with Crippen LogP contribution in [0.25, 0.3) is 0 Å². The lowest BCUT2D eigenvalue weighted by atomic mass is 10.1. The molecular formula is C25H40N4O2. The van der Waals surface area contributed by atoms with Crippen LogP contribution in [-0.2, 0) is 9.47 Å². The number of ether oxygens (including phenoxy) is 2. The van der Waals surface area contributed by atoms with Crippen molar-refractivity contribution >= 4 is 5.96 Å². The van der Waals surface area contributed by atoms with Crippen LogP contribution in [0.1, 0.15) is 56.6 Å². The number of hydrogen-bond donors (Lipinski definition) is 1. The van der Waals surface area contributed by atoms with E-state index in [4.69, 9.17) is 9.47 Å². The molecular weight excluding hydrogens is 388 g/mol. The van der Waals surface area contributed by atoms with E-state index in [1.807, 2.05) is 7.05 Å². The molecule has 0 saturated carbocycles. The molecule has 3 aliphatic heterocycles. The fourth-order valence-corrected chi connectivity index (χ4v) is 5.12. The molecule has 6 nitrogen and oxygen atoms in total. The Hall–Kier alpha value is -1.63. The molecule has 172 valence electrons. The number of likely N-dealkylation sites (tertiary alicyclic amines) is 2. The van der Waals surface area contributed by atoms with Crippen molar-refractivity contribution in [2.75, 3.05) is 53.0 Å². The second-order valence-corrected chi connectivity index (χ2v) is 9.11. The smallest absolute Gasteiger partial charge is 0.193 e. The van der Waals surface area contributed by atoms with Crippen molar-refractivity contribution in [1.29, 1.82) is 0 Å². The first-order chi connectivity index (χ1) is 15.3. The summed E-state index contributed by atoms with van der Waals surface area (Å²) in [5, 5.41) is 3.69. The molecule has 2 atom stereocenters. The van der Waals surface area contributed by atoms with E-state index in [1.54, 1.807) is 0 Å². The normalized spacial score (nSPS) is 25.0. The van der Waals surface area contributed by atoms with Crippen LogP contribution in [0.5, 0.6) is 0 Å². The predicted molar refractivity (Wildman–Crippen MR) is 125 cm³/mol. The van der Waals surface area contributed by atoms with Crippen LogP contribution in [-0.4, -0.2) is 81.0 Å². The van der Waals surface area contributed by atoms with Crippen molar-refractivity contribution in [1.82, 2.24) is 15.1 Å². The number of benzene rings is 1. The number of nitrogens with one attached hydrogen (secondary N) is 1. The molecule has 6 heteroatoms. The van der Waals surface area contributed by atoms with Gasteiger partial charge in [0.05, 0.1) is 24.9 Å². The van der Waals surface area contributed by atoms with Gasteiger partial charge in [-0.15, -0.1) is 0 Å². The van der Waals surface area contributed by atoms with Crippen LogP contribution in [0, 0.1) is 0 Å². The number of nitrogens with zero attached hydrogens (tertiary/aromatic N) is 3. The largest absolute Gasteiger partial charge is 0.376 e. The van der Waals surface area contributed by atoms with E-state index in [9.17, 15) is 0 Å². The van der Waals surface area contributed by atoms with E-state index in [2.05, 4.69) is 50.4 Å². The number of rotatable bonds is 7. The Morgan fingerprint density at radius 3 is 2.52 bits per heavy atom. The number of guanidine groups is 1. The maximum atomic E-state index is 6.19. The van der Waals surface area contributed by atoms with Gasteiger partial charge >= 0.3 is 0 Å². The average Bonchev–Trinajstić information content (AvgIpc) is 3.37. The van der Waals surface area contributed by atoms with E-state index in [1.165, 1.54) is 44.3 Å². The lowest BCUT2D eigenvalue weighted by Gasteiger charge is -2.36. The van der Waals surface area contributed by atoms with Gasteiger partial charge in [0.2, 0.25) is 0 Å². The summed E-state index contributed by atoms with van der Waals surface area (Å²) in [6.07, 6.45) is 9.00. The van der Waals surface area contributed by atoms with Crippen LogP contribution >= 0.6 is 0 Å². The third-order valence-electron chi connectivity index (χ3n) is 6.96. The zero-order valence-corrected chi connectivity index (χ0v) is 19.2. The van der Waals surface area contributed by atoms with Crippen LogP contribution in [0.2, 0.25) is 0 Å². The molecule has 0 aromatic heterocycles. The lowest BCUT2D eigenvalue weighted by Crippen LogP contribution is -2.49. The molecule has 1 N–H and O–H groups in total. The SMILES string of the molecule is CN=C(NCC(c1ccccc1)N1CCCC1)N1CCC(OCC2CCCCO2)CC1. The molecule has 1 aromatic carbocycles. The Morgan fingerprint density at radius 1 is 1.06 bits per heavy atom. The van der Waals surface area contributed by atoms with E-state index in [0.29, 0.717) is 18.2 Å². The average molecular weight is 429 g/mol. The second-order valence-electron chi connectivity index (χ2n) is 9.11. The quantitative estimate of drug-likeness (QED) is 0.533. The summed E-state index contributed by atoms with van der Waals surface area (Å²) in [7, 11) is 1.90. The Balaban J connectivity index is 1.25. The molecule has 3 aliphatic rings. The van der Waals surface area contributed by atoms with Crippen molar-refractivity contribution < 1.29 is 9.47 Å². The Kier molecular flexibility index (Phi) is 8.62. The van der Waals surface area contributed by atoms with Crippen LogP contribution < -0.4 is 5.32 Å². The molecule has 0 spiro atoms. The van der Waals surface area contributed by atoms with Gasteiger partial charge in [-0.05, 0) is 63.6 Å². The number of aliphatic imine (C=N–C) groups is 1. The summed E-state index contributed by atoms with van der Waals surface area (Å²) in [5.74, 6) is 1.02. The van der Waals surface area contributed by atoms with Crippen LogP contribution in [0.4, 0.5) is 0 Å². The zero-order chi connectivity index (χ0) is 21.3. The van der Waals surface area contributed by atoms with Gasteiger partial charge in [0, 0.05) is 33.3 Å². The minimum absolute atomic E-state index is 0.307. The summed E-state index contributed by atoms with van der Waals surface area (Å²) in [4.78, 5) is 9.61. The Labute approximate surface area is 188 Å². The van der Waals surface area contributed by atoms with Gasteiger partial charge in [0.1, 0.15) is 0 Å². The topological polar surface area (TPSA) is 49.3 Å². The molecule has 0 amide bonds. The standard InChI is InChI=1S/C25H40N4O2/c1-26-25(27-19-24(28-14-6-7-15-28)21-9-3-2-4-10-21)29-16-12-22(13-17-29)31-20-23-11-5-8-18-30-23/h2-4,9-10,22-24H,5-8,11-20H2,1H3,(H,26,27). The monoisotopic (exact) mass is 428 g/mol. The summed E-state index contributed by atoms with van der Waals surface area (Å²) in [5.41, 5.74) is 1.39. The van der Waals surface area contributed by atoms with Crippen molar-refractivity contribution in [3.63, 3.8) is 0 Å². The van der Waals surface area contributed by atoms with E-state index in [0.717, 1.165) is 58.1 Å². The van der Waals surface area contributed by atoms with Crippen LogP contribution in [0.3, 0.4) is 0 Å². The van der Waals surface area contributed by atoms with Crippen molar-refractivity contribution in [3.05, 3.63) is 35.9 Å². The second kappa shape index (κ2) is 11.8. The van der Waals surface area contributed by atoms with Crippen molar-refractivity contribution in [3.8, 4) is 0 Å². The fourth-order valence-electron chi connectivity index (χ4n) is 5.12. The molecule has 0 radical (unpaired) electrons. The predicted octanol–water partition coefficient (Wildman–Crippen LogP) is 3.45. The maximum Gasteiger partial charge on any atom is 0.193 e. The van der Waals surface area contributed by atoms with Gasteiger partial charge in [0.15, 0.2) is 5.96 Å². The van der Waals surface area contributed by atoms with Crippen molar-refractivity contribution in [2.45, 2.75) is 63.2 Å². The van der Waals surface area contributed by atoms with Gasteiger partial charge in [-0.3, -0.25) is 9.89 Å². The molecule has 1 aromatic rings. The number of hydrogen-bond acceptors (Lipinski definition) is 4. The maximum absolute atomic E-state index is 6.19. The molecule has 2 unspecified atom stereocenters. The molecule has 0 bridgehead atoms. The molecule has 3 heterocycles. The molecule has 4 rings (SSSR count). The highest BCUT2D eigenvalue weighted by Crippen LogP contribution is 2.25. The summed E-state index contributed by atoms with van der Waals surface area (Å²) in [6, 6.07) is 11.3.